The van der Waals surface area contributed by atoms with E-state index in [0.717, 1.165) is 0 Å². The second-order valence-electron chi connectivity index (χ2n) is 3.20. The molecule has 0 N–H and O–H groups in total. The Morgan fingerprint density at radius 1 is 1.38 bits per heavy atom. The summed E-state index contributed by atoms with van der Waals surface area (Å²) < 4.78 is 10.0. The van der Waals surface area contributed by atoms with Crippen LogP contribution < -0.4 is 0 Å². The number of hydrogen-bond donors (Lipinski definition) is 0. The van der Waals surface area contributed by atoms with Crippen molar-refractivity contribution < 1.29 is 14.3 Å². The number of rotatable bonds is 5. The summed E-state index contributed by atoms with van der Waals surface area (Å²) in [5, 5.41) is 0.813. The van der Waals surface area contributed by atoms with Gasteiger partial charge in [-0.25, -0.2) is 0 Å². The molecule has 0 saturated carbocycles. The van der Waals surface area contributed by atoms with Crippen molar-refractivity contribution in [2.75, 3.05) is 13.9 Å². The van der Waals surface area contributed by atoms with Crippen LogP contribution in [0.1, 0.15) is 18.6 Å². The van der Waals surface area contributed by atoms with E-state index >= 15 is 0 Å². The first-order chi connectivity index (χ1) is 7.57. The van der Waals surface area contributed by atoms with E-state index in [2.05, 4.69) is 0 Å². The third kappa shape index (κ3) is 3.19. The monoisotopic (exact) mass is 262 g/mol. The van der Waals surface area contributed by atoms with Gasteiger partial charge in [0.1, 0.15) is 12.9 Å². The van der Waals surface area contributed by atoms with Crippen LogP contribution in [-0.2, 0) is 14.3 Å². The van der Waals surface area contributed by atoms with E-state index in [9.17, 15) is 4.79 Å². The summed E-state index contributed by atoms with van der Waals surface area (Å²) in [4.78, 5) is 11.5. The van der Waals surface area contributed by atoms with Crippen molar-refractivity contribution >= 4 is 29.0 Å². The number of methoxy groups -OCH3 is 1. The zero-order chi connectivity index (χ0) is 12.1. The number of carbonyl (C=O) groups is 1. The molecule has 0 spiro atoms. The summed E-state index contributed by atoms with van der Waals surface area (Å²) >= 11 is 12.0. The normalized spacial score (nSPS) is 12.5. The number of Topliss-reactive ketones (excluding diaryl/α,β-unsaturated/α-hetero) is 1. The second-order valence-corrected chi connectivity index (χ2v) is 4.01. The van der Waals surface area contributed by atoms with Crippen molar-refractivity contribution in [3.63, 3.8) is 0 Å². The van der Waals surface area contributed by atoms with Gasteiger partial charge < -0.3 is 9.47 Å². The highest BCUT2D eigenvalue weighted by molar-refractivity contribution is 6.36. The molecule has 5 heteroatoms. The van der Waals surface area contributed by atoms with Crippen LogP contribution in [0.25, 0.3) is 0 Å². The van der Waals surface area contributed by atoms with Crippen LogP contribution in [0.4, 0.5) is 0 Å². The standard InChI is InChI=1S/C11H12Cl2O3/c1-7(14)11(16-6-15-2)10-8(12)4-3-5-9(10)13/h3-5,11H,6H2,1-2H3/t11-/m1/s1. The first-order valence-electron chi connectivity index (χ1n) is 4.62. The Bertz CT molecular complexity index is 359. The van der Waals surface area contributed by atoms with Crippen molar-refractivity contribution in [2.24, 2.45) is 0 Å². The number of hydrogen-bond acceptors (Lipinski definition) is 3. The average Bonchev–Trinajstić information content (AvgIpc) is 2.21. The third-order valence-electron chi connectivity index (χ3n) is 1.98. The molecule has 0 aliphatic heterocycles. The Hall–Kier alpha value is -0.610. The molecular formula is C11H12Cl2O3. The van der Waals surface area contributed by atoms with Gasteiger partial charge in [-0.15, -0.1) is 0 Å². The van der Waals surface area contributed by atoms with Crippen molar-refractivity contribution in [1.29, 1.82) is 0 Å². The van der Waals surface area contributed by atoms with Crippen LogP contribution in [0, 0.1) is 0 Å². The van der Waals surface area contributed by atoms with E-state index < -0.39 is 6.10 Å². The van der Waals surface area contributed by atoms with Gasteiger partial charge in [0.15, 0.2) is 5.78 Å². The number of ether oxygens (including phenoxy) is 2. The fourth-order valence-electron chi connectivity index (χ4n) is 1.30. The smallest absolute Gasteiger partial charge is 0.163 e. The fourth-order valence-corrected chi connectivity index (χ4v) is 1.90. The summed E-state index contributed by atoms with van der Waals surface area (Å²) in [5.41, 5.74) is 0.482. The topological polar surface area (TPSA) is 35.5 Å². The number of halogens is 2. The van der Waals surface area contributed by atoms with Gasteiger partial charge in [-0.2, -0.15) is 0 Å². The maximum Gasteiger partial charge on any atom is 0.163 e. The SMILES string of the molecule is COCO[C@H](C(C)=O)c1c(Cl)cccc1Cl. The predicted molar refractivity (Wildman–Crippen MR) is 62.8 cm³/mol. The molecule has 0 heterocycles. The third-order valence-corrected chi connectivity index (χ3v) is 2.64. The lowest BCUT2D eigenvalue weighted by atomic mass is 10.1. The van der Waals surface area contributed by atoms with E-state index in [-0.39, 0.29) is 12.6 Å². The minimum absolute atomic E-state index is 0.00575. The Balaban J connectivity index is 3.05. The highest BCUT2D eigenvalue weighted by Crippen LogP contribution is 2.32. The van der Waals surface area contributed by atoms with Crippen molar-refractivity contribution in [1.82, 2.24) is 0 Å². The zero-order valence-corrected chi connectivity index (χ0v) is 10.5. The van der Waals surface area contributed by atoms with Gasteiger partial charge in [0, 0.05) is 22.7 Å². The lowest BCUT2D eigenvalue weighted by molar-refractivity contribution is -0.138. The molecule has 1 atom stereocenters. The Kier molecular flexibility index (Phi) is 5.22. The van der Waals surface area contributed by atoms with E-state index in [1.165, 1.54) is 14.0 Å². The minimum Gasteiger partial charge on any atom is -0.359 e. The van der Waals surface area contributed by atoms with E-state index in [4.69, 9.17) is 32.7 Å². The van der Waals surface area contributed by atoms with Gasteiger partial charge in [-0.1, -0.05) is 29.3 Å². The largest absolute Gasteiger partial charge is 0.359 e. The predicted octanol–water partition coefficient (Wildman–Crippen LogP) is 3.24. The first-order valence-corrected chi connectivity index (χ1v) is 5.38. The fraction of sp³-hybridized carbons (Fsp3) is 0.364. The highest BCUT2D eigenvalue weighted by atomic mass is 35.5. The molecule has 0 aliphatic carbocycles. The van der Waals surface area contributed by atoms with E-state index in [1.54, 1.807) is 18.2 Å². The number of benzene rings is 1. The van der Waals surface area contributed by atoms with Crippen LogP contribution in [0.3, 0.4) is 0 Å². The lowest BCUT2D eigenvalue weighted by Gasteiger charge is -2.17. The Morgan fingerprint density at radius 3 is 2.38 bits per heavy atom. The highest BCUT2D eigenvalue weighted by Gasteiger charge is 2.22. The summed E-state index contributed by atoms with van der Waals surface area (Å²) in [6.07, 6.45) is -0.791. The molecule has 0 radical (unpaired) electrons. The quantitative estimate of drug-likeness (QED) is 0.765. The Labute approximate surface area is 104 Å². The maximum absolute atomic E-state index is 11.5. The maximum atomic E-state index is 11.5. The average molecular weight is 263 g/mol. The minimum atomic E-state index is -0.791. The van der Waals surface area contributed by atoms with Crippen LogP contribution >= 0.6 is 23.2 Å². The van der Waals surface area contributed by atoms with Gasteiger partial charge in [0.2, 0.25) is 0 Å². The molecule has 0 amide bonds. The molecular weight excluding hydrogens is 251 g/mol. The summed E-state index contributed by atoms with van der Waals surface area (Å²) in [7, 11) is 1.48. The van der Waals surface area contributed by atoms with Crippen LogP contribution in [0.15, 0.2) is 18.2 Å². The van der Waals surface area contributed by atoms with Crippen molar-refractivity contribution in [3.05, 3.63) is 33.8 Å². The molecule has 0 aromatic heterocycles. The second kappa shape index (κ2) is 6.21. The van der Waals surface area contributed by atoms with Gasteiger partial charge in [-0.3, -0.25) is 4.79 Å². The summed E-state index contributed by atoms with van der Waals surface area (Å²) in [6, 6.07) is 5.03. The Morgan fingerprint density at radius 2 is 1.94 bits per heavy atom. The number of ketones is 1. The first kappa shape index (κ1) is 13.5. The van der Waals surface area contributed by atoms with E-state index in [0.29, 0.717) is 15.6 Å². The molecule has 3 nitrogen and oxygen atoms in total. The van der Waals surface area contributed by atoms with Crippen molar-refractivity contribution in [2.45, 2.75) is 13.0 Å². The molecule has 0 aliphatic rings. The zero-order valence-electron chi connectivity index (χ0n) is 9.00. The molecule has 16 heavy (non-hydrogen) atoms. The van der Waals surface area contributed by atoms with Crippen molar-refractivity contribution in [3.8, 4) is 0 Å². The number of carbonyl (C=O) groups excluding carboxylic acids is 1. The molecule has 0 bridgehead atoms. The molecule has 1 rings (SSSR count). The summed E-state index contributed by atoms with van der Waals surface area (Å²) in [5.74, 6) is -0.174. The molecule has 88 valence electrons. The molecule has 0 unspecified atom stereocenters. The molecule has 1 aromatic rings. The van der Waals surface area contributed by atoms with E-state index in [1.807, 2.05) is 0 Å². The van der Waals surface area contributed by atoms with Gasteiger partial charge in [-0.05, 0) is 19.1 Å². The van der Waals surface area contributed by atoms with Gasteiger partial charge in [0.05, 0.1) is 0 Å². The molecule has 0 fully saturated rings. The summed E-state index contributed by atoms with van der Waals surface area (Å²) in [6.45, 7) is 1.42. The molecule has 1 aromatic carbocycles. The lowest BCUT2D eigenvalue weighted by Crippen LogP contribution is -2.15. The van der Waals surface area contributed by atoms with Crippen LogP contribution in [0.5, 0.6) is 0 Å². The molecule has 0 saturated heterocycles. The van der Waals surface area contributed by atoms with Gasteiger partial charge in [0.25, 0.3) is 0 Å². The van der Waals surface area contributed by atoms with Crippen LogP contribution in [0.2, 0.25) is 10.0 Å². The van der Waals surface area contributed by atoms with Crippen LogP contribution in [-0.4, -0.2) is 19.7 Å². The van der Waals surface area contributed by atoms with Gasteiger partial charge >= 0.3 is 0 Å².